The van der Waals surface area contributed by atoms with Crippen LogP contribution in [0.2, 0.25) is 0 Å². The molecule has 0 bridgehead atoms. The highest BCUT2D eigenvalue weighted by atomic mass is 16.5. The minimum atomic E-state index is 0.464. The van der Waals surface area contributed by atoms with Crippen molar-refractivity contribution in [3.63, 3.8) is 0 Å². The first-order chi connectivity index (χ1) is 7.79. The van der Waals surface area contributed by atoms with Crippen molar-refractivity contribution in [2.75, 3.05) is 7.11 Å². The molecule has 94 valence electrons. The molecule has 0 amide bonds. The minimum absolute atomic E-state index is 0.464. The molecule has 0 aromatic rings. The predicted octanol–water partition coefficient (Wildman–Crippen LogP) is 3.11. The molecule has 2 aliphatic carbocycles. The number of hydrogen-bond donors (Lipinski definition) is 1. The van der Waals surface area contributed by atoms with E-state index in [0.717, 1.165) is 12.0 Å². The Morgan fingerprint density at radius 1 is 1.00 bits per heavy atom. The van der Waals surface area contributed by atoms with Gasteiger partial charge in [0.1, 0.15) is 0 Å². The molecule has 16 heavy (non-hydrogen) atoms. The third-order valence-electron chi connectivity index (χ3n) is 4.39. The molecule has 4 atom stereocenters. The fourth-order valence-corrected chi connectivity index (χ4v) is 3.46. The van der Waals surface area contributed by atoms with Gasteiger partial charge >= 0.3 is 0 Å². The monoisotopic (exact) mass is 225 g/mol. The molecule has 2 fully saturated rings. The van der Waals surface area contributed by atoms with Gasteiger partial charge in [0.15, 0.2) is 0 Å². The van der Waals surface area contributed by atoms with Crippen LogP contribution in [0.3, 0.4) is 0 Å². The maximum atomic E-state index is 5.61. The lowest BCUT2D eigenvalue weighted by Gasteiger charge is -2.36. The maximum Gasteiger partial charge on any atom is 0.0724 e. The van der Waals surface area contributed by atoms with Crippen molar-refractivity contribution in [3.8, 4) is 0 Å². The fourth-order valence-electron chi connectivity index (χ4n) is 3.46. The van der Waals surface area contributed by atoms with Crippen molar-refractivity contribution < 1.29 is 4.74 Å². The van der Waals surface area contributed by atoms with E-state index < -0.39 is 0 Å². The third kappa shape index (κ3) is 3.21. The van der Waals surface area contributed by atoms with Crippen LogP contribution >= 0.6 is 0 Å². The molecule has 2 saturated carbocycles. The Labute approximate surface area is 100 Å². The summed E-state index contributed by atoms with van der Waals surface area (Å²) in [5, 5.41) is 3.86. The van der Waals surface area contributed by atoms with Crippen molar-refractivity contribution in [3.05, 3.63) is 0 Å². The number of rotatable bonds is 3. The van der Waals surface area contributed by atoms with Crippen molar-refractivity contribution in [2.24, 2.45) is 5.92 Å². The summed E-state index contributed by atoms with van der Waals surface area (Å²) in [5.41, 5.74) is 0. The van der Waals surface area contributed by atoms with Crippen molar-refractivity contribution >= 4 is 0 Å². The van der Waals surface area contributed by atoms with E-state index in [1.165, 1.54) is 51.4 Å². The zero-order valence-corrected chi connectivity index (χ0v) is 10.9. The lowest BCUT2D eigenvalue weighted by molar-refractivity contribution is 0.0346. The summed E-state index contributed by atoms with van der Waals surface area (Å²) >= 11 is 0. The van der Waals surface area contributed by atoms with Gasteiger partial charge in [-0.3, -0.25) is 0 Å². The van der Waals surface area contributed by atoms with Crippen LogP contribution in [0.5, 0.6) is 0 Å². The van der Waals surface area contributed by atoms with Crippen LogP contribution in [-0.2, 0) is 4.74 Å². The summed E-state index contributed by atoms with van der Waals surface area (Å²) in [6.45, 7) is 2.39. The molecule has 1 N–H and O–H groups in total. The van der Waals surface area contributed by atoms with Crippen molar-refractivity contribution in [2.45, 2.75) is 76.5 Å². The van der Waals surface area contributed by atoms with Crippen LogP contribution in [-0.4, -0.2) is 25.3 Å². The third-order valence-corrected chi connectivity index (χ3v) is 4.39. The van der Waals surface area contributed by atoms with Crippen molar-refractivity contribution in [1.29, 1.82) is 0 Å². The van der Waals surface area contributed by atoms with Crippen LogP contribution in [0.15, 0.2) is 0 Å². The molecule has 2 heteroatoms. The van der Waals surface area contributed by atoms with Gasteiger partial charge in [0.05, 0.1) is 6.10 Å². The van der Waals surface area contributed by atoms with Gasteiger partial charge < -0.3 is 10.1 Å². The first kappa shape index (κ1) is 12.4. The fraction of sp³-hybridized carbons (Fsp3) is 1.00. The standard InChI is InChI=1S/C14H27NO/c1-11-6-5-7-12(10-11)15-13-8-3-4-9-14(13)16-2/h11-15H,3-10H2,1-2H3. The molecule has 0 spiro atoms. The molecule has 0 saturated heterocycles. The molecular formula is C14H27NO. The number of ether oxygens (including phenoxy) is 1. The van der Waals surface area contributed by atoms with Gasteiger partial charge in [-0.15, -0.1) is 0 Å². The van der Waals surface area contributed by atoms with Gasteiger partial charge in [0.25, 0.3) is 0 Å². The summed E-state index contributed by atoms with van der Waals surface area (Å²) in [5.74, 6) is 0.913. The Balaban J connectivity index is 1.82. The highest BCUT2D eigenvalue weighted by molar-refractivity contribution is 4.86. The largest absolute Gasteiger partial charge is 0.380 e. The molecule has 4 unspecified atom stereocenters. The lowest BCUT2D eigenvalue weighted by atomic mass is 9.85. The highest BCUT2D eigenvalue weighted by Crippen LogP contribution is 2.27. The first-order valence-electron chi connectivity index (χ1n) is 7.08. The van der Waals surface area contributed by atoms with Crippen LogP contribution in [0.4, 0.5) is 0 Å². The average molecular weight is 225 g/mol. The second kappa shape index (κ2) is 6.02. The smallest absolute Gasteiger partial charge is 0.0724 e. The van der Waals surface area contributed by atoms with Gasteiger partial charge in [0, 0.05) is 19.2 Å². The quantitative estimate of drug-likeness (QED) is 0.797. The van der Waals surface area contributed by atoms with Crippen LogP contribution in [0.1, 0.15) is 58.3 Å². The van der Waals surface area contributed by atoms with E-state index in [1.54, 1.807) is 0 Å². The molecule has 2 nitrogen and oxygen atoms in total. The Morgan fingerprint density at radius 2 is 1.81 bits per heavy atom. The Kier molecular flexibility index (Phi) is 4.66. The maximum absolute atomic E-state index is 5.61. The number of hydrogen-bond acceptors (Lipinski definition) is 2. The van der Waals surface area contributed by atoms with Gasteiger partial charge in [-0.25, -0.2) is 0 Å². The summed E-state index contributed by atoms with van der Waals surface area (Å²) in [6.07, 6.45) is 11.3. The van der Waals surface area contributed by atoms with E-state index >= 15 is 0 Å². The van der Waals surface area contributed by atoms with E-state index in [9.17, 15) is 0 Å². The summed E-state index contributed by atoms with van der Waals surface area (Å²) in [7, 11) is 1.87. The Morgan fingerprint density at radius 3 is 2.56 bits per heavy atom. The molecule has 0 aromatic heterocycles. The number of methoxy groups -OCH3 is 1. The van der Waals surface area contributed by atoms with Gasteiger partial charge in [-0.05, 0) is 31.6 Å². The zero-order valence-electron chi connectivity index (χ0n) is 10.9. The van der Waals surface area contributed by atoms with E-state index in [2.05, 4.69) is 12.2 Å². The number of nitrogens with one attached hydrogen (secondary N) is 1. The molecule has 2 rings (SSSR count). The van der Waals surface area contributed by atoms with E-state index in [0.29, 0.717) is 12.1 Å². The Bertz CT molecular complexity index is 207. The van der Waals surface area contributed by atoms with Gasteiger partial charge in [-0.2, -0.15) is 0 Å². The summed E-state index contributed by atoms with van der Waals surface area (Å²) in [4.78, 5) is 0. The van der Waals surface area contributed by atoms with Gasteiger partial charge in [-0.1, -0.05) is 32.6 Å². The SMILES string of the molecule is COC1CCCCC1NC1CCCC(C)C1. The van der Waals surface area contributed by atoms with E-state index in [4.69, 9.17) is 4.74 Å². The lowest BCUT2D eigenvalue weighted by Crippen LogP contribution is -2.48. The average Bonchev–Trinajstić information content (AvgIpc) is 2.30. The van der Waals surface area contributed by atoms with Crippen LogP contribution in [0, 0.1) is 5.92 Å². The molecule has 0 aromatic carbocycles. The molecule has 2 aliphatic rings. The molecular weight excluding hydrogens is 198 g/mol. The van der Waals surface area contributed by atoms with E-state index in [1.807, 2.05) is 7.11 Å². The normalized spacial score (nSPS) is 40.9. The van der Waals surface area contributed by atoms with Crippen LogP contribution < -0.4 is 5.32 Å². The second-order valence-electron chi connectivity index (χ2n) is 5.80. The molecule has 0 heterocycles. The van der Waals surface area contributed by atoms with E-state index in [-0.39, 0.29) is 0 Å². The molecule has 0 aliphatic heterocycles. The minimum Gasteiger partial charge on any atom is -0.380 e. The van der Waals surface area contributed by atoms with Crippen molar-refractivity contribution in [1.82, 2.24) is 5.32 Å². The topological polar surface area (TPSA) is 21.3 Å². The zero-order chi connectivity index (χ0) is 11.4. The van der Waals surface area contributed by atoms with Gasteiger partial charge in [0.2, 0.25) is 0 Å². The van der Waals surface area contributed by atoms with Crippen LogP contribution in [0.25, 0.3) is 0 Å². The first-order valence-corrected chi connectivity index (χ1v) is 7.08. The second-order valence-corrected chi connectivity index (χ2v) is 5.80. The highest BCUT2D eigenvalue weighted by Gasteiger charge is 2.28. The predicted molar refractivity (Wildman–Crippen MR) is 67.6 cm³/mol. The molecule has 0 radical (unpaired) electrons. The Hall–Kier alpha value is -0.0800. The summed E-state index contributed by atoms with van der Waals surface area (Å²) < 4.78 is 5.61. The summed E-state index contributed by atoms with van der Waals surface area (Å²) in [6, 6.07) is 1.37.